The summed E-state index contributed by atoms with van der Waals surface area (Å²) < 4.78 is 0. The Morgan fingerprint density at radius 3 is 2.86 bits per heavy atom. The second kappa shape index (κ2) is 3.33. The second-order valence-electron chi connectivity index (χ2n) is 2.88. The molecule has 0 aliphatic carbocycles. The van der Waals surface area contributed by atoms with Crippen molar-refractivity contribution in [3.8, 4) is 0 Å². The van der Waals surface area contributed by atoms with E-state index in [0.29, 0.717) is 16.9 Å². The number of nitrogens with zero attached hydrogens (tertiary/aromatic N) is 1. The maximum absolute atomic E-state index is 11.8. The molecule has 0 fully saturated rings. The Hall–Kier alpha value is -2.10. The topological polar surface area (TPSA) is 71.8 Å². The summed E-state index contributed by atoms with van der Waals surface area (Å²) in [6.07, 6.45) is 4.78. The first-order valence-electron chi connectivity index (χ1n) is 4.16. The molecule has 0 amide bonds. The summed E-state index contributed by atoms with van der Waals surface area (Å²) in [5.41, 5.74) is 6.61. The van der Waals surface area contributed by atoms with Crippen molar-refractivity contribution in [2.24, 2.45) is 0 Å². The van der Waals surface area contributed by atoms with Crippen LogP contribution in [-0.2, 0) is 0 Å². The van der Waals surface area contributed by atoms with Gasteiger partial charge in [0, 0.05) is 24.2 Å². The van der Waals surface area contributed by atoms with Crippen LogP contribution in [0.3, 0.4) is 0 Å². The minimum absolute atomic E-state index is 0.114. The van der Waals surface area contributed by atoms with Crippen LogP contribution in [0.15, 0.2) is 36.8 Å². The fourth-order valence-corrected chi connectivity index (χ4v) is 1.23. The molecule has 0 aliphatic rings. The van der Waals surface area contributed by atoms with Crippen molar-refractivity contribution in [2.45, 2.75) is 0 Å². The van der Waals surface area contributed by atoms with Crippen LogP contribution < -0.4 is 5.73 Å². The minimum Gasteiger partial charge on any atom is -0.385 e. The fraction of sp³-hybridized carbons (Fsp3) is 0. The van der Waals surface area contributed by atoms with Crippen molar-refractivity contribution in [3.63, 3.8) is 0 Å². The maximum atomic E-state index is 11.8. The molecule has 0 unspecified atom stereocenters. The molecule has 70 valence electrons. The lowest BCUT2D eigenvalue weighted by Crippen LogP contribution is -2.03. The molecular formula is C10H9N3O. The van der Waals surface area contributed by atoms with Crippen molar-refractivity contribution in [1.82, 2.24) is 9.97 Å². The van der Waals surface area contributed by atoms with Crippen LogP contribution in [0.4, 0.5) is 5.82 Å². The lowest BCUT2D eigenvalue weighted by Gasteiger charge is -1.98. The second-order valence-corrected chi connectivity index (χ2v) is 2.88. The van der Waals surface area contributed by atoms with E-state index in [9.17, 15) is 4.79 Å². The quantitative estimate of drug-likeness (QED) is 0.694. The monoisotopic (exact) mass is 187 g/mol. The van der Waals surface area contributed by atoms with Gasteiger partial charge in [0.05, 0.1) is 5.56 Å². The predicted molar refractivity (Wildman–Crippen MR) is 52.9 cm³/mol. The lowest BCUT2D eigenvalue weighted by atomic mass is 10.1. The van der Waals surface area contributed by atoms with Gasteiger partial charge in [-0.15, -0.1) is 0 Å². The number of pyridine rings is 1. The Balaban J connectivity index is 2.39. The number of carbonyl (C=O) groups is 1. The molecule has 0 aromatic carbocycles. The van der Waals surface area contributed by atoms with Crippen molar-refractivity contribution in [2.75, 3.05) is 5.73 Å². The molecule has 4 heteroatoms. The molecule has 14 heavy (non-hydrogen) atoms. The number of nitrogen functional groups attached to an aromatic ring is 1. The Morgan fingerprint density at radius 2 is 2.29 bits per heavy atom. The normalized spacial score (nSPS) is 10.0. The molecule has 2 aromatic heterocycles. The average Bonchev–Trinajstić information content (AvgIpc) is 2.65. The summed E-state index contributed by atoms with van der Waals surface area (Å²) in [6.45, 7) is 0. The first-order chi connectivity index (χ1) is 6.79. The SMILES string of the molecule is Nc1[nH]ccc1C(=O)c1cccnc1. The van der Waals surface area contributed by atoms with E-state index in [-0.39, 0.29) is 5.78 Å². The van der Waals surface area contributed by atoms with E-state index in [1.165, 1.54) is 6.20 Å². The van der Waals surface area contributed by atoms with Gasteiger partial charge in [0.1, 0.15) is 5.82 Å². The van der Waals surface area contributed by atoms with Crippen LogP contribution in [0.25, 0.3) is 0 Å². The number of hydrogen-bond donors (Lipinski definition) is 2. The number of carbonyl (C=O) groups excluding carboxylic acids is 1. The highest BCUT2D eigenvalue weighted by molar-refractivity contribution is 6.11. The molecule has 0 radical (unpaired) electrons. The third kappa shape index (κ3) is 1.37. The van der Waals surface area contributed by atoms with Gasteiger partial charge in [-0.3, -0.25) is 9.78 Å². The predicted octanol–water partition coefficient (Wildman–Crippen LogP) is 1.22. The molecule has 2 aromatic rings. The largest absolute Gasteiger partial charge is 0.385 e. The van der Waals surface area contributed by atoms with E-state index in [2.05, 4.69) is 9.97 Å². The highest BCUT2D eigenvalue weighted by Gasteiger charge is 2.12. The van der Waals surface area contributed by atoms with Gasteiger partial charge in [0.15, 0.2) is 5.78 Å². The summed E-state index contributed by atoms with van der Waals surface area (Å²) in [5.74, 6) is 0.274. The van der Waals surface area contributed by atoms with Gasteiger partial charge in [-0.25, -0.2) is 0 Å². The highest BCUT2D eigenvalue weighted by atomic mass is 16.1. The lowest BCUT2D eigenvalue weighted by molar-refractivity contribution is 0.103. The zero-order valence-corrected chi connectivity index (χ0v) is 7.40. The molecule has 0 bridgehead atoms. The molecule has 2 heterocycles. The van der Waals surface area contributed by atoms with E-state index in [0.717, 1.165) is 0 Å². The van der Waals surface area contributed by atoms with Crippen LogP contribution in [-0.4, -0.2) is 15.8 Å². The zero-order chi connectivity index (χ0) is 9.97. The summed E-state index contributed by atoms with van der Waals surface area (Å²) in [6, 6.07) is 5.09. The Labute approximate surface area is 80.8 Å². The van der Waals surface area contributed by atoms with Gasteiger partial charge in [0.2, 0.25) is 0 Å². The molecule has 4 nitrogen and oxygen atoms in total. The summed E-state index contributed by atoms with van der Waals surface area (Å²) in [7, 11) is 0. The number of ketones is 1. The number of H-pyrrole nitrogens is 1. The first-order valence-corrected chi connectivity index (χ1v) is 4.16. The minimum atomic E-state index is -0.114. The van der Waals surface area contributed by atoms with Gasteiger partial charge in [-0.05, 0) is 18.2 Å². The van der Waals surface area contributed by atoms with Crippen LogP contribution in [0.5, 0.6) is 0 Å². The Morgan fingerprint density at radius 1 is 1.43 bits per heavy atom. The van der Waals surface area contributed by atoms with Crippen LogP contribution in [0, 0.1) is 0 Å². The molecule has 0 saturated heterocycles. The molecule has 2 rings (SSSR count). The van der Waals surface area contributed by atoms with Gasteiger partial charge < -0.3 is 10.7 Å². The van der Waals surface area contributed by atoms with E-state index < -0.39 is 0 Å². The Kier molecular flexibility index (Phi) is 2.02. The third-order valence-electron chi connectivity index (χ3n) is 1.95. The number of aromatic nitrogens is 2. The number of aromatic amines is 1. The van der Waals surface area contributed by atoms with E-state index in [4.69, 9.17) is 5.73 Å². The molecule has 0 saturated carbocycles. The molecule has 0 spiro atoms. The standard InChI is InChI=1S/C10H9N3O/c11-10-8(3-5-13-10)9(14)7-2-1-4-12-6-7/h1-6,13H,11H2. The zero-order valence-electron chi connectivity index (χ0n) is 7.40. The molecule has 0 aliphatic heterocycles. The van der Waals surface area contributed by atoms with Gasteiger partial charge >= 0.3 is 0 Å². The third-order valence-corrected chi connectivity index (χ3v) is 1.95. The molecule has 3 N–H and O–H groups in total. The number of hydrogen-bond acceptors (Lipinski definition) is 3. The highest BCUT2D eigenvalue weighted by Crippen LogP contribution is 2.13. The fourth-order valence-electron chi connectivity index (χ4n) is 1.23. The van der Waals surface area contributed by atoms with Crippen molar-refractivity contribution < 1.29 is 4.79 Å². The summed E-state index contributed by atoms with van der Waals surface area (Å²) in [5, 5.41) is 0. The molecular weight excluding hydrogens is 178 g/mol. The maximum Gasteiger partial charge on any atom is 0.198 e. The van der Waals surface area contributed by atoms with Crippen LogP contribution in [0.2, 0.25) is 0 Å². The van der Waals surface area contributed by atoms with Crippen LogP contribution >= 0.6 is 0 Å². The van der Waals surface area contributed by atoms with Gasteiger partial charge in [-0.1, -0.05) is 0 Å². The van der Waals surface area contributed by atoms with E-state index >= 15 is 0 Å². The van der Waals surface area contributed by atoms with Crippen LogP contribution in [0.1, 0.15) is 15.9 Å². The van der Waals surface area contributed by atoms with Crippen molar-refractivity contribution in [1.29, 1.82) is 0 Å². The van der Waals surface area contributed by atoms with Gasteiger partial charge in [0.25, 0.3) is 0 Å². The summed E-state index contributed by atoms with van der Waals surface area (Å²) in [4.78, 5) is 18.4. The average molecular weight is 187 g/mol. The Bertz CT molecular complexity index is 447. The van der Waals surface area contributed by atoms with Crippen molar-refractivity contribution >= 4 is 11.6 Å². The molecule has 0 atom stereocenters. The van der Waals surface area contributed by atoms with Gasteiger partial charge in [-0.2, -0.15) is 0 Å². The smallest absolute Gasteiger partial charge is 0.198 e. The van der Waals surface area contributed by atoms with E-state index in [1.54, 1.807) is 30.6 Å². The number of rotatable bonds is 2. The first kappa shape index (κ1) is 8.50. The number of anilines is 1. The summed E-state index contributed by atoms with van der Waals surface area (Å²) >= 11 is 0. The number of nitrogens with one attached hydrogen (secondary N) is 1. The van der Waals surface area contributed by atoms with Crippen molar-refractivity contribution in [3.05, 3.63) is 47.9 Å². The van der Waals surface area contributed by atoms with E-state index in [1.807, 2.05) is 0 Å². The number of nitrogens with two attached hydrogens (primary N) is 1.